The van der Waals surface area contributed by atoms with E-state index in [-0.39, 0.29) is 17.9 Å². The average molecular weight is 436 g/mol. The number of anilines is 1. The standard InChI is InChI=1S/C26H26ClNO3/c1-18-23(15-26(29)30-2)24-14-22(31-17-20-6-4-3-5-7-20)12-13-25(24)28(18)16-19-8-10-21(27)11-9-19/h3-14,18,23H,15-17H2,1-2H3. The van der Waals surface area contributed by atoms with Gasteiger partial charge in [0.05, 0.1) is 13.5 Å². The minimum atomic E-state index is -0.202. The molecule has 3 aromatic rings. The van der Waals surface area contributed by atoms with E-state index in [2.05, 4.69) is 24.0 Å². The zero-order chi connectivity index (χ0) is 21.8. The monoisotopic (exact) mass is 435 g/mol. The Morgan fingerprint density at radius 2 is 1.74 bits per heavy atom. The first-order valence-electron chi connectivity index (χ1n) is 10.4. The molecule has 0 amide bonds. The molecular formula is C26H26ClNO3. The lowest BCUT2D eigenvalue weighted by atomic mass is 9.92. The average Bonchev–Trinajstić information content (AvgIpc) is 3.05. The van der Waals surface area contributed by atoms with Gasteiger partial charge in [0, 0.05) is 29.2 Å². The number of benzene rings is 3. The first-order chi connectivity index (χ1) is 15.0. The molecule has 0 radical (unpaired) electrons. The SMILES string of the molecule is COC(=O)CC1c2cc(OCc3ccccc3)ccc2N(Cc2ccc(Cl)cc2)C1C. The third-order valence-corrected chi connectivity index (χ3v) is 6.16. The molecule has 4 nitrogen and oxygen atoms in total. The largest absolute Gasteiger partial charge is 0.489 e. The molecule has 0 aliphatic carbocycles. The highest BCUT2D eigenvalue weighted by Crippen LogP contribution is 2.45. The Hall–Kier alpha value is -2.98. The Morgan fingerprint density at radius 3 is 2.45 bits per heavy atom. The molecule has 0 saturated carbocycles. The van der Waals surface area contributed by atoms with Crippen molar-refractivity contribution in [3.63, 3.8) is 0 Å². The van der Waals surface area contributed by atoms with Crippen molar-refractivity contribution in [1.29, 1.82) is 0 Å². The molecule has 0 spiro atoms. The maximum absolute atomic E-state index is 12.1. The van der Waals surface area contributed by atoms with E-state index in [4.69, 9.17) is 21.1 Å². The Balaban J connectivity index is 1.60. The van der Waals surface area contributed by atoms with Gasteiger partial charge < -0.3 is 14.4 Å². The summed E-state index contributed by atoms with van der Waals surface area (Å²) in [6.45, 7) is 3.41. The summed E-state index contributed by atoms with van der Waals surface area (Å²) in [5.41, 5.74) is 4.54. The number of ether oxygens (including phenoxy) is 2. The zero-order valence-electron chi connectivity index (χ0n) is 17.8. The quantitative estimate of drug-likeness (QED) is 0.428. The summed E-state index contributed by atoms with van der Waals surface area (Å²) in [6.07, 6.45) is 0.337. The van der Waals surface area contributed by atoms with Crippen LogP contribution in [0.15, 0.2) is 72.8 Å². The second-order valence-corrected chi connectivity index (χ2v) is 8.31. The molecule has 2 unspecified atom stereocenters. The van der Waals surface area contributed by atoms with E-state index >= 15 is 0 Å². The smallest absolute Gasteiger partial charge is 0.306 e. The maximum Gasteiger partial charge on any atom is 0.306 e. The lowest BCUT2D eigenvalue weighted by Gasteiger charge is -2.27. The van der Waals surface area contributed by atoms with Gasteiger partial charge in [-0.05, 0) is 53.9 Å². The van der Waals surface area contributed by atoms with Crippen LogP contribution in [-0.2, 0) is 22.7 Å². The molecule has 0 bridgehead atoms. The van der Waals surface area contributed by atoms with Gasteiger partial charge in [-0.3, -0.25) is 4.79 Å². The van der Waals surface area contributed by atoms with E-state index in [1.807, 2.05) is 60.7 Å². The highest BCUT2D eigenvalue weighted by Gasteiger charge is 2.37. The Morgan fingerprint density at radius 1 is 1.00 bits per heavy atom. The number of esters is 1. The van der Waals surface area contributed by atoms with Gasteiger partial charge in [-0.2, -0.15) is 0 Å². The third kappa shape index (κ3) is 4.86. The van der Waals surface area contributed by atoms with Gasteiger partial charge in [-0.25, -0.2) is 0 Å². The van der Waals surface area contributed by atoms with Crippen molar-refractivity contribution < 1.29 is 14.3 Å². The lowest BCUT2D eigenvalue weighted by Crippen LogP contribution is -2.31. The highest BCUT2D eigenvalue weighted by atomic mass is 35.5. The number of fused-ring (bicyclic) bond motifs is 1. The van der Waals surface area contributed by atoms with Crippen LogP contribution in [0.1, 0.15) is 36.0 Å². The van der Waals surface area contributed by atoms with E-state index in [0.717, 1.165) is 34.1 Å². The van der Waals surface area contributed by atoms with Gasteiger partial charge >= 0.3 is 5.97 Å². The van der Waals surface area contributed by atoms with E-state index in [1.165, 1.54) is 12.7 Å². The third-order valence-electron chi connectivity index (χ3n) is 5.91. The van der Waals surface area contributed by atoms with Crippen LogP contribution in [0.5, 0.6) is 5.75 Å². The summed E-state index contributed by atoms with van der Waals surface area (Å²) in [4.78, 5) is 14.5. The molecule has 2 atom stereocenters. The fourth-order valence-electron chi connectivity index (χ4n) is 4.18. The Kier molecular flexibility index (Phi) is 6.47. The van der Waals surface area contributed by atoms with E-state index < -0.39 is 0 Å². The number of halogens is 1. The summed E-state index contributed by atoms with van der Waals surface area (Å²) in [7, 11) is 1.44. The molecule has 5 heteroatoms. The van der Waals surface area contributed by atoms with Crippen LogP contribution >= 0.6 is 11.6 Å². The molecule has 31 heavy (non-hydrogen) atoms. The van der Waals surface area contributed by atoms with Crippen molar-refractivity contribution in [2.24, 2.45) is 0 Å². The number of carbonyl (C=O) groups is 1. The number of nitrogens with zero attached hydrogens (tertiary/aromatic N) is 1. The topological polar surface area (TPSA) is 38.8 Å². The van der Waals surface area contributed by atoms with E-state index in [9.17, 15) is 4.79 Å². The second-order valence-electron chi connectivity index (χ2n) is 7.88. The number of rotatable bonds is 7. The Labute approximate surface area is 188 Å². The molecule has 0 saturated heterocycles. The van der Waals surface area contributed by atoms with Gasteiger partial charge in [0.25, 0.3) is 0 Å². The van der Waals surface area contributed by atoms with Crippen LogP contribution in [-0.4, -0.2) is 19.1 Å². The molecule has 1 heterocycles. The molecular weight excluding hydrogens is 410 g/mol. The van der Waals surface area contributed by atoms with Gasteiger partial charge in [-0.15, -0.1) is 0 Å². The highest BCUT2D eigenvalue weighted by molar-refractivity contribution is 6.30. The number of carbonyl (C=O) groups excluding carboxylic acids is 1. The van der Waals surface area contributed by atoms with Crippen molar-refractivity contribution in [2.45, 2.75) is 38.5 Å². The maximum atomic E-state index is 12.1. The summed E-state index contributed by atoms with van der Waals surface area (Å²) >= 11 is 6.05. The summed E-state index contributed by atoms with van der Waals surface area (Å²) < 4.78 is 11.0. The van der Waals surface area contributed by atoms with Crippen molar-refractivity contribution in [1.82, 2.24) is 0 Å². The first-order valence-corrected chi connectivity index (χ1v) is 10.8. The number of hydrogen-bond donors (Lipinski definition) is 0. The number of methoxy groups -OCH3 is 1. The fraction of sp³-hybridized carbons (Fsp3) is 0.269. The molecule has 1 aliphatic rings. The molecule has 0 fully saturated rings. The van der Waals surface area contributed by atoms with Crippen molar-refractivity contribution in [3.8, 4) is 5.75 Å². The van der Waals surface area contributed by atoms with Crippen LogP contribution < -0.4 is 9.64 Å². The fourth-order valence-corrected chi connectivity index (χ4v) is 4.30. The van der Waals surface area contributed by atoms with Crippen molar-refractivity contribution >= 4 is 23.3 Å². The summed E-state index contributed by atoms with van der Waals surface area (Å²) in [5, 5.41) is 0.724. The number of hydrogen-bond acceptors (Lipinski definition) is 4. The van der Waals surface area contributed by atoms with Crippen LogP contribution in [0.4, 0.5) is 5.69 Å². The molecule has 1 aliphatic heterocycles. The summed E-state index contributed by atoms with van der Waals surface area (Å²) in [5.74, 6) is 0.639. The van der Waals surface area contributed by atoms with Crippen LogP contribution in [0, 0.1) is 0 Å². The van der Waals surface area contributed by atoms with Gasteiger partial charge in [0.15, 0.2) is 0 Å². The molecule has 0 aromatic heterocycles. The minimum absolute atomic E-state index is 0.0371. The Bertz CT molecular complexity index is 1040. The van der Waals surface area contributed by atoms with Crippen LogP contribution in [0.3, 0.4) is 0 Å². The van der Waals surface area contributed by atoms with Crippen LogP contribution in [0.2, 0.25) is 5.02 Å². The molecule has 4 rings (SSSR count). The zero-order valence-corrected chi connectivity index (χ0v) is 18.5. The van der Waals surface area contributed by atoms with Crippen LogP contribution in [0.25, 0.3) is 0 Å². The van der Waals surface area contributed by atoms with Crippen molar-refractivity contribution in [3.05, 3.63) is 94.5 Å². The second kappa shape index (κ2) is 9.44. The minimum Gasteiger partial charge on any atom is -0.489 e. The van der Waals surface area contributed by atoms with Gasteiger partial charge in [0.2, 0.25) is 0 Å². The lowest BCUT2D eigenvalue weighted by molar-refractivity contribution is -0.141. The van der Waals surface area contributed by atoms with E-state index in [1.54, 1.807) is 0 Å². The summed E-state index contributed by atoms with van der Waals surface area (Å²) in [6, 6.07) is 24.3. The molecule has 3 aromatic carbocycles. The van der Waals surface area contributed by atoms with Crippen molar-refractivity contribution in [2.75, 3.05) is 12.0 Å². The van der Waals surface area contributed by atoms with E-state index in [0.29, 0.717) is 13.0 Å². The molecule has 160 valence electrons. The van der Waals surface area contributed by atoms with Gasteiger partial charge in [0.1, 0.15) is 12.4 Å². The predicted molar refractivity (Wildman–Crippen MR) is 124 cm³/mol. The van der Waals surface area contributed by atoms with Gasteiger partial charge in [-0.1, -0.05) is 54.1 Å². The predicted octanol–water partition coefficient (Wildman–Crippen LogP) is 5.97. The first kappa shape index (κ1) is 21.3. The molecule has 0 N–H and O–H groups in total. The normalized spacial score (nSPS) is 17.3.